The van der Waals surface area contributed by atoms with E-state index in [0.29, 0.717) is 17.5 Å². The third-order valence-electron chi connectivity index (χ3n) is 16.5. The zero-order valence-electron chi connectivity index (χ0n) is 46.9. The Labute approximate surface area is 489 Å². The standard InChI is InChI=1S/C79H57N5/c1-79(2,3)63-41-44-73-70(50-63)67-43-42-64(83-71-35-21-19-33-65(71)66-34-20-22-36-72(66)83)51-74(67)84(73)75-68(56-29-15-7-16-30-56)48-62(49-69(75)57-31-17-8-18-32-57)78-81-76(58-39-37-55(38-40-58)52-23-9-4-10-24-52)80-77(82-78)61-46-59(53-25-11-5-12-26-53)45-60(47-61)54-27-13-6-14-28-54/h4-51H,1-3H3. The lowest BCUT2D eigenvalue weighted by atomic mass is 9.86. The molecule has 0 radical (unpaired) electrons. The average Bonchev–Trinajstić information content (AvgIpc) is 1.94. The van der Waals surface area contributed by atoms with Gasteiger partial charge in [0.1, 0.15) is 0 Å². The highest BCUT2D eigenvalue weighted by molar-refractivity contribution is 6.13. The molecule has 0 aliphatic rings. The molecule has 12 aromatic carbocycles. The minimum absolute atomic E-state index is 0.0737. The van der Waals surface area contributed by atoms with E-state index in [9.17, 15) is 0 Å². The number of hydrogen-bond donors (Lipinski definition) is 0. The van der Waals surface area contributed by atoms with Crippen LogP contribution in [0.25, 0.3) is 145 Å². The van der Waals surface area contributed by atoms with Crippen molar-refractivity contribution in [3.63, 3.8) is 0 Å². The Hall–Kier alpha value is -10.8. The summed E-state index contributed by atoms with van der Waals surface area (Å²) < 4.78 is 4.96. The summed E-state index contributed by atoms with van der Waals surface area (Å²) in [6, 6.07) is 105. The van der Waals surface area contributed by atoms with Crippen LogP contribution in [-0.2, 0) is 5.41 Å². The van der Waals surface area contributed by atoms with Gasteiger partial charge in [-0.15, -0.1) is 0 Å². The molecule has 0 atom stereocenters. The summed E-state index contributed by atoms with van der Waals surface area (Å²) in [5.74, 6) is 1.74. The van der Waals surface area contributed by atoms with Crippen molar-refractivity contribution >= 4 is 43.6 Å². The second-order valence-corrected chi connectivity index (χ2v) is 22.8. The molecule has 0 N–H and O–H groups in total. The van der Waals surface area contributed by atoms with Gasteiger partial charge in [-0.2, -0.15) is 0 Å². The van der Waals surface area contributed by atoms with Crippen LogP contribution in [0.1, 0.15) is 26.3 Å². The van der Waals surface area contributed by atoms with E-state index < -0.39 is 0 Å². The van der Waals surface area contributed by atoms with Gasteiger partial charge in [-0.25, -0.2) is 15.0 Å². The lowest BCUT2D eigenvalue weighted by Gasteiger charge is -2.22. The predicted molar refractivity (Wildman–Crippen MR) is 351 cm³/mol. The van der Waals surface area contributed by atoms with Gasteiger partial charge in [0.15, 0.2) is 17.5 Å². The molecule has 15 rings (SSSR count). The van der Waals surface area contributed by atoms with Crippen molar-refractivity contribution in [2.45, 2.75) is 26.2 Å². The normalized spacial score (nSPS) is 11.8. The first-order valence-electron chi connectivity index (χ1n) is 28.8. The van der Waals surface area contributed by atoms with Crippen LogP contribution in [0.15, 0.2) is 291 Å². The van der Waals surface area contributed by atoms with Crippen LogP contribution in [-0.4, -0.2) is 24.1 Å². The average molecular weight is 1080 g/mol. The molecule has 0 bridgehead atoms. The Balaban J connectivity index is 1.02. The molecule has 0 spiro atoms. The largest absolute Gasteiger partial charge is 0.309 e. The van der Waals surface area contributed by atoms with E-state index in [1.807, 2.05) is 0 Å². The molecule has 0 unspecified atom stereocenters. The minimum atomic E-state index is -0.0737. The van der Waals surface area contributed by atoms with Crippen molar-refractivity contribution in [1.82, 2.24) is 24.1 Å². The molecule has 0 saturated carbocycles. The third kappa shape index (κ3) is 9.04. The summed E-state index contributed by atoms with van der Waals surface area (Å²) in [6.45, 7) is 6.90. The zero-order chi connectivity index (χ0) is 56.3. The Morgan fingerprint density at radius 2 is 0.631 bits per heavy atom. The van der Waals surface area contributed by atoms with Crippen LogP contribution in [0, 0.1) is 0 Å². The van der Waals surface area contributed by atoms with Gasteiger partial charge >= 0.3 is 0 Å². The zero-order valence-corrected chi connectivity index (χ0v) is 46.9. The highest BCUT2D eigenvalue weighted by Gasteiger charge is 2.26. The topological polar surface area (TPSA) is 48.5 Å². The Morgan fingerprint density at radius 3 is 1.13 bits per heavy atom. The number of benzene rings is 12. The molecular weight excluding hydrogens is 1020 g/mol. The molecule has 0 aliphatic heterocycles. The summed E-state index contributed by atoms with van der Waals surface area (Å²) in [6.07, 6.45) is 0. The lowest BCUT2D eigenvalue weighted by Crippen LogP contribution is -2.10. The molecule has 398 valence electrons. The first-order valence-corrected chi connectivity index (χ1v) is 28.8. The van der Waals surface area contributed by atoms with E-state index in [1.54, 1.807) is 0 Å². The molecule has 0 aliphatic carbocycles. The predicted octanol–water partition coefficient (Wildman–Crippen LogP) is 20.7. The van der Waals surface area contributed by atoms with Crippen LogP contribution in [0.4, 0.5) is 0 Å². The van der Waals surface area contributed by atoms with E-state index in [4.69, 9.17) is 15.0 Å². The van der Waals surface area contributed by atoms with Gasteiger partial charge in [0.05, 0.1) is 27.8 Å². The van der Waals surface area contributed by atoms with Gasteiger partial charge in [-0.05, 0) is 122 Å². The number of hydrogen-bond acceptors (Lipinski definition) is 3. The molecule has 0 amide bonds. The van der Waals surface area contributed by atoms with Gasteiger partial charge in [0.2, 0.25) is 0 Å². The van der Waals surface area contributed by atoms with Gasteiger partial charge < -0.3 is 9.13 Å². The molecule has 3 heterocycles. The lowest BCUT2D eigenvalue weighted by molar-refractivity contribution is 0.591. The summed E-state index contributed by atoms with van der Waals surface area (Å²) in [5.41, 5.74) is 21.4. The quantitative estimate of drug-likeness (QED) is 0.137. The maximum atomic E-state index is 5.59. The molecule has 3 aromatic heterocycles. The molecule has 84 heavy (non-hydrogen) atoms. The van der Waals surface area contributed by atoms with Gasteiger partial charge in [-0.1, -0.05) is 245 Å². The van der Waals surface area contributed by atoms with E-state index in [0.717, 1.165) is 94.7 Å². The minimum Gasteiger partial charge on any atom is -0.309 e. The third-order valence-corrected chi connectivity index (χ3v) is 16.5. The first kappa shape index (κ1) is 50.2. The number of fused-ring (bicyclic) bond motifs is 6. The number of aromatic nitrogens is 5. The van der Waals surface area contributed by atoms with E-state index in [-0.39, 0.29) is 5.41 Å². The molecule has 0 saturated heterocycles. The Bertz CT molecular complexity index is 4770. The van der Waals surface area contributed by atoms with Gasteiger partial charge in [-0.3, -0.25) is 0 Å². The summed E-state index contributed by atoms with van der Waals surface area (Å²) in [4.78, 5) is 16.5. The number of nitrogens with zero attached hydrogens (tertiary/aromatic N) is 5. The molecular formula is C79H57N5. The van der Waals surface area contributed by atoms with Crippen LogP contribution in [0.3, 0.4) is 0 Å². The fourth-order valence-corrected chi connectivity index (χ4v) is 12.3. The van der Waals surface area contributed by atoms with Crippen molar-refractivity contribution in [2.24, 2.45) is 0 Å². The Kier molecular flexibility index (Phi) is 12.4. The van der Waals surface area contributed by atoms with E-state index in [2.05, 4.69) is 321 Å². The smallest absolute Gasteiger partial charge is 0.164 e. The molecule has 5 heteroatoms. The fraction of sp³-hybridized carbons (Fsp3) is 0.0506. The SMILES string of the molecule is CC(C)(C)c1ccc2c(c1)c1ccc(-n3c4ccccc4c4ccccc43)cc1n2-c1c(-c2ccccc2)cc(-c2nc(-c3ccc(-c4ccccc4)cc3)nc(-c3cc(-c4ccccc4)cc(-c4ccccc4)c3)n2)cc1-c1ccccc1. The van der Waals surface area contributed by atoms with Crippen molar-refractivity contribution in [3.8, 4) is 101 Å². The van der Waals surface area contributed by atoms with Gasteiger partial charge in [0.25, 0.3) is 0 Å². The number of rotatable bonds is 10. The highest BCUT2D eigenvalue weighted by atomic mass is 15.0. The number of para-hydroxylation sites is 2. The summed E-state index contributed by atoms with van der Waals surface area (Å²) in [7, 11) is 0. The second-order valence-electron chi connectivity index (χ2n) is 22.8. The van der Waals surface area contributed by atoms with Crippen molar-refractivity contribution in [2.75, 3.05) is 0 Å². The second kappa shape index (κ2) is 20.7. The summed E-state index contributed by atoms with van der Waals surface area (Å²) >= 11 is 0. The molecule has 0 fully saturated rings. The van der Waals surface area contributed by atoms with Gasteiger partial charge in [0, 0.05) is 55.0 Å². The maximum absolute atomic E-state index is 5.59. The van der Waals surface area contributed by atoms with Crippen LogP contribution >= 0.6 is 0 Å². The van der Waals surface area contributed by atoms with E-state index >= 15 is 0 Å². The van der Waals surface area contributed by atoms with Crippen molar-refractivity contribution < 1.29 is 0 Å². The first-order chi connectivity index (χ1) is 41.3. The van der Waals surface area contributed by atoms with Crippen LogP contribution < -0.4 is 0 Å². The Morgan fingerprint density at radius 1 is 0.250 bits per heavy atom. The van der Waals surface area contributed by atoms with Crippen molar-refractivity contribution in [3.05, 3.63) is 297 Å². The van der Waals surface area contributed by atoms with Crippen LogP contribution in [0.2, 0.25) is 0 Å². The molecule has 5 nitrogen and oxygen atoms in total. The van der Waals surface area contributed by atoms with Crippen LogP contribution in [0.5, 0.6) is 0 Å². The maximum Gasteiger partial charge on any atom is 0.164 e. The highest BCUT2D eigenvalue weighted by Crippen LogP contribution is 2.46. The molecule has 15 aromatic rings. The van der Waals surface area contributed by atoms with Crippen molar-refractivity contribution in [1.29, 1.82) is 0 Å². The monoisotopic (exact) mass is 1080 g/mol. The van der Waals surface area contributed by atoms with E-state index in [1.165, 1.54) is 38.1 Å². The summed E-state index contributed by atoms with van der Waals surface area (Å²) in [5, 5.41) is 4.84. The fourth-order valence-electron chi connectivity index (χ4n) is 12.3.